The zero-order valence-electron chi connectivity index (χ0n) is 23.8. The van der Waals surface area contributed by atoms with E-state index in [0.717, 1.165) is 22.3 Å². The van der Waals surface area contributed by atoms with E-state index in [2.05, 4.69) is 27.6 Å². The molecule has 216 valence electrons. The number of ether oxygens (including phenoxy) is 3. The van der Waals surface area contributed by atoms with Crippen LogP contribution in [0.2, 0.25) is 0 Å². The van der Waals surface area contributed by atoms with Crippen molar-refractivity contribution >= 4 is 46.0 Å². The molecule has 0 amide bonds. The van der Waals surface area contributed by atoms with Crippen molar-refractivity contribution in [1.29, 1.82) is 0 Å². The average Bonchev–Trinajstić information content (AvgIpc) is 3.27. The van der Waals surface area contributed by atoms with E-state index >= 15 is 0 Å². The number of hydrogen-bond acceptors (Lipinski definition) is 7. The summed E-state index contributed by atoms with van der Waals surface area (Å²) >= 11 is 3.57. The number of allylic oxidation sites excluding steroid dienone is 1. The van der Waals surface area contributed by atoms with Gasteiger partial charge >= 0.3 is 5.97 Å². The molecule has 1 aliphatic heterocycles. The van der Waals surface area contributed by atoms with Gasteiger partial charge < -0.3 is 14.2 Å². The Morgan fingerprint density at radius 3 is 2.40 bits per heavy atom. The van der Waals surface area contributed by atoms with Gasteiger partial charge in [-0.3, -0.25) is 9.36 Å². The standard InChI is InChI=1S/C33H31IN2O5S/c1-5-39-27-17-23(11-16-26(27)41-19-22-9-14-25(34)15-10-22)18-28-31(37)36-30(24-12-7-20(3)8-13-24)29(32(38)40-6-2)21(4)35-33(36)42-28/h7-18,30H,5-6,19H2,1-4H3/b28-18+/t30-/m0/s1. The molecule has 1 atom stereocenters. The Bertz CT molecular complexity index is 1820. The molecule has 0 saturated heterocycles. The van der Waals surface area contributed by atoms with Crippen molar-refractivity contribution in [2.75, 3.05) is 13.2 Å². The summed E-state index contributed by atoms with van der Waals surface area (Å²) in [5.74, 6) is 0.756. The number of fused-ring (bicyclic) bond motifs is 1. The van der Waals surface area contributed by atoms with Crippen LogP contribution >= 0.6 is 33.9 Å². The first-order valence-electron chi connectivity index (χ1n) is 13.7. The Morgan fingerprint density at radius 2 is 1.71 bits per heavy atom. The fraction of sp³-hybridized carbons (Fsp3) is 0.242. The first-order chi connectivity index (χ1) is 20.3. The fourth-order valence-electron chi connectivity index (χ4n) is 4.75. The third kappa shape index (κ3) is 6.37. The number of rotatable bonds is 9. The maximum Gasteiger partial charge on any atom is 0.338 e. The second-order valence-electron chi connectivity index (χ2n) is 9.77. The molecular formula is C33H31IN2O5S. The molecule has 0 radical (unpaired) electrons. The second kappa shape index (κ2) is 13.1. The molecule has 5 rings (SSSR count). The molecular weight excluding hydrogens is 663 g/mol. The van der Waals surface area contributed by atoms with Crippen LogP contribution in [0, 0.1) is 10.5 Å². The molecule has 0 N–H and O–H groups in total. The zero-order chi connectivity index (χ0) is 29.8. The third-order valence-electron chi connectivity index (χ3n) is 6.78. The first kappa shape index (κ1) is 29.8. The maximum absolute atomic E-state index is 13.9. The molecule has 4 aromatic rings. The Labute approximate surface area is 261 Å². The van der Waals surface area contributed by atoms with Crippen molar-refractivity contribution < 1.29 is 19.0 Å². The van der Waals surface area contributed by atoms with E-state index in [1.54, 1.807) is 18.4 Å². The number of aryl methyl sites for hydroxylation is 1. The van der Waals surface area contributed by atoms with Crippen molar-refractivity contribution in [2.24, 2.45) is 4.99 Å². The van der Waals surface area contributed by atoms with E-state index in [0.29, 0.717) is 45.3 Å². The highest BCUT2D eigenvalue weighted by molar-refractivity contribution is 14.1. The van der Waals surface area contributed by atoms with Gasteiger partial charge in [-0.15, -0.1) is 0 Å². The van der Waals surface area contributed by atoms with Gasteiger partial charge in [-0.25, -0.2) is 9.79 Å². The quantitative estimate of drug-likeness (QED) is 0.166. The van der Waals surface area contributed by atoms with Gasteiger partial charge in [-0.1, -0.05) is 59.4 Å². The van der Waals surface area contributed by atoms with Crippen LogP contribution in [0.15, 0.2) is 87.8 Å². The maximum atomic E-state index is 13.9. The second-order valence-corrected chi connectivity index (χ2v) is 12.0. The van der Waals surface area contributed by atoms with Crippen molar-refractivity contribution in [3.05, 3.63) is 124 Å². The molecule has 42 heavy (non-hydrogen) atoms. The molecule has 9 heteroatoms. The van der Waals surface area contributed by atoms with Crippen molar-refractivity contribution in [2.45, 2.75) is 40.3 Å². The summed E-state index contributed by atoms with van der Waals surface area (Å²) in [6.45, 7) is 8.58. The molecule has 0 unspecified atom stereocenters. The van der Waals surface area contributed by atoms with Crippen LogP contribution < -0.4 is 24.4 Å². The molecule has 1 aromatic heterocycles. The lowest BCUT2D eigenvalue weighted by atomic mass is 9.95. The molecule has 1 aliphatic rings. The van der Waals surface area contributed by atoms with Gasteiger partial charge in [0, 0.05) is 3.57 Å². The van der Waals surface area contributed by atoms with E-state index in [-0.39, 0.29) is 12.2 Å². The summed E-state index contributed by atoms with van der Waals surface area (Å²) in [5.41, 5.74) is 4.44. The van der Waals surface area contributed by atoms with E-state index in [1.807, 2.05) is 86.7 Å². The van der Waals surface area contributed by atoms with Gasteiger partial charge in [0.1, 0.15) is 6.61 Å². The van der Waals surface area contributed by atoms with Crippen LogP contribution in [-0.4, -0.2) is 23.8 Å². The molecule has 0 bridgehead atoms. The van der Waals surface area contributed by atoms with Gasteiger partial charge in [0.15, 0.2) is 16.3 Å². The highest BCUT2D eigenvalue weighted by Crippen LogP contribution is 2.32. The Hall–Kier alpha value is -3.70. The highest BCUT2D eigenvalue weighted by atomic mass is 127. The smallest absolute Gasteiger partial charge is 0.338 e. The van der Waals surface area contributed by atoms with Gasteiger partial charge in [0.25, 0.3) is 5.56 Å². The third-order valence-corrected chi connectivity index (χ3v) is 8.49. The van der Waals surface area contributed by atoms with E-state index < -0.39 is 12.0 Å². The van der Waals surface area contributed by atoms with Crippen LogP contribution in [0.1, 0.15) is 49.1 Å². The van der Waals surface area contributed by atoms with Gasteiger partial charge in [0.2, 0.25) is 0 Å². The minimum atomic E-state index is -0.640. The van der Waals surface area contributed by atoms with E-state index in [9.17, 15) is 9.59 Å². The van der Waals surface area contributed by atoms with Crippen LogP contribution in [0.5, 0.6) is 11.5 Å². The number of carbonyl (C=O) groups is 1. The Balaban J connectivity index is 1.54. The summed E-state index contributed by atoms with van der Waals surface area (Å²) in [4.78, 5) is 32.2. The highest BCUT2D eigenvalue weighted by Gasteiger charge is 2.33. The van der Waals surface area contributed by atoms with Gasteiger partial charge in [-0.2, -0.15) is 0 Å². The Morgan fingerprint density at radius 1 is 0.976 bits per heavy atom. The number of halogens is 1. The van der Waals surface area contributed by atoms with Crippen LogP contribution in [0.3, 0.4) is 0 Å². The lowest BCUT2D eigenvalue weighted by Crippen LogP contribution is -2.39. The van der Waals surface area contributed by atoms with Gasteiger partial charge in [0.05, 0.1) is 35.1 Å². The summed E-state index contributed by atoms with van der Waals surface area (Å²) in [6.07, 6.45) is 1.82. The number of esters is 1. The number of hydrogen-bond donors (Lipinski definition) is 0. The van der Waals surface area contributed by atoms with E-state index in [4.69, 9.17) is 14.2 Å². The summed E-state index contributed by atoms with van der Waals surface area (Å²) in [7, 11) is 0. The minimum absolute atomic E-state index is 0.226. The zero-order valence-corrected chi connectivity index (χ0v) is 26.8. The van der Waals surface area contributed by atoms with Gasteiger partial charge in [-0.05, 0) is 97.3 Å². The molecule has 2 heterocycles. The lowest BCUT2D eigenvalue weighted by molar-refractivity contribution is -0.139. The predicted octanol–water partition coefficient (Wildman–Crippen LogP) is 5.69. The SMILES string of the molecule is CCOC(=O)C1=C(C)N=c2s/c(=C/c3ccc(OCc4ccc(I)cc4)c(OCC)c3)c(=O)n2[C@H]1c1ccc(C)cc1. The predicted molar refractivity (Wildman–Crippen MR) is 173 cm³/mol. The van der Waals surface area contributed by atoms with Crippen molar-refractivity contribution in [3.8, 4) is 11.5 Å². The molecule has 7 nitrogen and oxygen atoms in total. The topological polar surface area (TPSA) is 79.1 Å². The van der Waals surface area contributed by atoms with Crippen LogP contribution in [0.4, 0.5) is 0 Å². The lowest BCUT2D eigenvalue weighted by Gasteiger charge is -2.24. The monoisotopic (exact) mass is 694 g/mol. The average molecular weight is 695 g/mol. The summed E-state index contributed by atoms with van der Waals surface area (Å²) in [5, 5.41) is 0. The molecule has 0 saturated carbocycles. The molecule has 0 aliphatic carbocycles. The number of benzene rings is 3. The van der Waals surface area contributed by atoms with Crippen LogP contribution in [-0.2, 0) is 16.1 Å². The number of aromatic nitrogens is 1. The summed E-state index contributed by atoms with van der Waals surface area (Å²) < 4.78 is 20.6. The van der Waals surface area contributed by atoms with Crippen molar-refractivity contribution in [3.63, 3.8) is 0 Å². The number of carbonyl (C=O) groups excluding carboxylic acids is 1. The minimum Gasteiger partial charge on any atom is -0.490 e. The van der Waals surface area contributed by atoms with Crippen LogP contribution in [0.25, 0.3) is 6.08 Å². The largest absolute Gasteiger partial charge is 0.490 e. The normalized spacial score (nSPS) is 14.8. The Kier molecular flexibility index (Phi) is 9.27. The molecule has 0 fully saturated rings. The fourth-order valence-corrected chi connectivity index (χ4v) is 6.16. The summed E-state index contributed by atoms with van der Waals surface area (Å²) in [6, 6.07) is 21.0. The van der Waals surface area contributed by atoms with Crippen molar-refractivity contribution in [1.82, 2.24) is 4.57 Å². The molecule has 0 spiro atoms. The van der Waals surface area contributed by atoms with E-state index in [1.165, 1.54) is 14.9 Å². The first-order valence-corrected chi connectivity index (χ1v) is 15.6. The molecule has 3 aromatic carbocycles. The number of nitrogens with zero attached hydrogens (tertiary/aromatic N) is 2. The number of thiazole rings is 1.